The lowest BCUT2D eigenvalue weighted by Gasteiger charge is -2.25. The summed E-state index contributed by atoms with van der Waals surface area (Å²) < 4.78 is 18.4. The quantitative estimate of drug-likeness (QED) is 0.915. The monoisotopic (exact) mass is 288 g/mol. The van der Waals surface area contributed by atoms with Crippen molar-refractivity contribution < 1.29 is 9.13 Å². The Bertz CT molecular complexity index is 596. The lowest BCUT2D eigenvalue weighted by Crippen LogP contribution is -2.20. The van der Waals surface area contributed by atoms with Gasteiger partial charge in [-0.15, -0.1) is 0 Å². The fraction of sp³-hybridized carbons (Fsp3) is 0.294. The number of ether oxygens (including phenoxy) is 1. The van der Waals surface area contributed by atoms with Crippen LogP contribution >= 0.6 is 0 Å². The maximum atomic E-state index is 13.0. The van der Waals surface area contributed by atoms with Crippen LogP contribution in [0, 0.1) is 5.82 Å². The van der Waals surface area contributed by atoms with Crippen molar-refractivity contribution in [1.82, 2.24) is 0 Å². The van der Waals surface area contributed by atoms with E-state index in [4.69, 9.17) is 10.5 Å². The van der Waals surface area contributed by atoms with Gasteiger partial charge in [0.1, 0.15) is 11.6 Å². The molecular weight excluding hydrogens is 267 g/mol. The normalized spacial score (nSPS) is 12.0. The van der Waals surface area contributed by atoms with Gasteiger partial charge in [-0.25, -0.2) is 4.39 Å². The van der Waals surface area contributed by atoms with E-state index in [9.17, 15) is 4.39 Å². The van der Waals surface area contributed by atoms with Gasteiger partial charge in [-0.1, -0.05) is 18.2 Å². The SMILES string of the molecule is COc1cccc(N(C)Cc2ccc(F)cc2)c1C(C)N. The maximum Gasteiger partial charge on any atom is 0.125 e. The third-order valence-corrected chi connectivity index (χ3v) is 3.46. The van der Waals surface area contributed by atoms with Crippen molar-refractivity contribution in [3.8, 4) is 5.75 Å². The Morgan fingerprint density at radius 2 is 1.86 bits per heavy atom. The third kappa shape index (κ3) is 3.52. The summed E-state index contributed by atoms with van der Waals surface area (Å²) in [7, 11) is 3.63. The zero-order valence-corrected chi connectivity index (χ0v) is 12.6. The molecule has 3 nitrogen and oxygen atoms in total. The van der Waals surface area contributed by atoms with E-state index >= 15 is 0 Å². The molecule has 4 heteroatoms. The van der Waals surface area contributed by atoms with Crippen molar-refractivity contribution in [3.05, 3.63) is 59.4 Å². The molecule has 0 bridgehead atoms. The molecule has 2 rings (SSSR count). The van der Waals surface area contributed by atoms with E-state index in [0.717, 1.165) is 22.6 Å². The van der Waals surface area contributed by atoms with Gasteiger partial charge in [0.2, 0.25) is 0 Å². The molecule has 0 aliphatic rings. The van der Waals surface area contributed by atoms with Crippen molar-refractivity contribution in [1.29, 1.82) is 0 Å². The second-order valence-corrected chi connectivity index (χ2v) is 5.16. The minimum Gasteiger partial charge on any atom is -0.496 e. The lowest BCUT2D eigenvalue weighted by atomic mass is 10.0. The van der Waals surface area contributed by atoms with Gasteiger partial charge in [0.25, 0.3) is 0 Å². The number of nitrogens with two attached hydrogens (primary N) is 1. The molecule has 1 atom stereocenters. The van der Waals surface area contributed by atoms with Gasteiger partial charge in [-0.2, -0.15) is 0 Å². The first-order valence-electron chi connectivity index (χ1n) is 6.91. The van der Waals surface area contributed by atoms with Gasteiger partial charge < -0.3 is 15.4 Å². The van der Waals surface area contributed by atoms with Crippen LogP contribution in [0.5, 0.6) is 5.75 Å². The Labute approximate surface area is 125 Å². The van der Waals surface area contributed by atoms with Crippen molar-refractivity contribution in [2.24, 2.45) is 5.73 Å². The Morgan fingerprint density at radius 3 is 2.43 bits per heavy atom. The summed E-state index contributed by atoms with van der Waals surface area (Å²) in [4.78, 5) is 2.09. The van der Waals surface area contributed by atoms with Crippen molar-refractivity contribution in [3.63, 3.8) is 0 Å². The molecule has 21 heavy (non-hydrogen) atoms. The number of halogens is 1. The molecule has 0 spiro atoms. The van der Waals surface area contributed by atoms with Gasteiger partial charge in [0.05, 0.1) is 7.11 Å². The Balaban J connectivity index is 2.30. The third-order valence-electron chi connectivity index (χ3n) is 3.46. The number of anilines is 1. The summed E-state index contributed by atoms with van der Waals surface area (Å²) >= 11 is 0. The minimum atomic E-state index is -0.223. The standard InChI is InChI=1S/C17H21FN2O/c1-12(19)17-15(5-4-6-16(17)21-3)20(2)11-13-7-9-14(18)10-8-13/h4-10,12H,11,19H2,1-3H3. The largest absolute Gasteiger partial charge is 0.496 e. The topological polar surface area (TPSA) is 38.5 Å². The fourth-order valence-corrected chi connectivity index (χ4v) is 2.45. The van der Waals surface area contributed by atoms with E-state index in [2.05, 4.69) is 4.90 Å². The number of rotatable bonds is 5. The molecule has 0 aliphatic heterocycles. The van der Waals surface area contributed by atoms with E-state index in [1.807, 2.05) is 32.2 Å². The van der Waals surface area contributed by atoms with E-state index in [1.165, 1.54) is 12.1 Å². The summed E-state index contributed by atoms with van der Waals surface area (Å²) in [5.41, 5.74) is 9.12. The number of methoxy groups -OCH3 is 1. The highest BCUT2D eigenvalue weighted by molar-refractivity contribution is 5.60. The molecule has 112 valence electrons. The van der Waals surface area contributed by atoms with Crippen molar-refractivity contribution in [2.75, 3.05) is 19.1 Å². The summed E-state index contributed by atoms with van der Waals surface area (Å²) in [5.74, 6) is 0.563. The predicted octanol–water partition coefficient (Wildman–Crippen LogP) is 3.49. The van der Waals surface area contributed by atoms with Crippen molar-refractivity contribution >= 4 is 5.69 Å². The molecule has 0 aromatic heterocycles. The van der Waals surface area contributed by atoms with Gasteiger partial charge in [-0.05, 0) is 36.8 Å². The summed E-state index contributed by atoms with van der Waals surface area (Å²) in [6, 6.07) is 12.3. The number of benzene rings is 2. The Hall–Kier alpha value is -2.07. The average Bonchev–Trinajstić information content (AvgIpc) is 2.48. The van der Waals surface area contributed by atoms with E-state index in [0.29, 0.717) is 6.54 Å². The Kier molecular flexibility index (Phi) is 4.81. The molecule has 0 saturated carbocycles. The zero-order valence-electron chi connectivity index (χ0n) is 12.6. The molecule has 0 amide bonds. The van der Waals surface area contributed by atoms with Crippen LogP contribution < -0.4 is 15.4 Å². The fourth-order valence-electron chi connectivity index (χ4n) is 2.45. The van der Waals surface area contributed by atoms with Crippen LogP contribution in [0.15, 0.2) is 42.5 Å². The van der Waals surface area contributed by atoms with Crippen LogP contribution in [0.1, 0.15) is 24.1 Å². The molecule has 0 saturated heterocycles. The van der Waals surface area contributed by atoms with Crippen LogP contribution in [0.25, 0.3) is 0 Å². The van der Waals surface area contributed by atoms with Crippen LogP contribution in [0.4, 0.5) is 10.1 Å². The van der Waals surface area contributed by atoms with Crippen molar-refractivity contribution in [2.45, 2.75) is 19.5 Å². The molecular formula is C17H21FN2O. The first-order chi connectivity index (χ1) is 10.0. The highest BCUT2D eigenvalue weighted by atomic mass is 19.1. The molecule has 0 radical (unpaired) electrons. The molecule has 2 N–H and O–H groups in total. The van der Waals surface area contributed by atoms with Crippen LogP contribution in [0.3, 0.4) is 0 Å². The minimum absolute atomic E-state index is 0.133. The van der Waals surface area contributed by atoms with Crippen LogP contribution in [-0.4, -0.2) is 14.2 Å². The first-order valence-corrected chi connectivity index (χ1v) is 6.91. The number of hydrogen-bond acceptors (Lipinski definition) is 3. The number of nitrogens with zero attached hydrogens (tertiary/aromatic N) is 1. The molecule has 0 fully saturated rings. The van der Waals surface area contributed by atoms with Gasteiger partial charge in [-0.3, -0.25) is 0 Å². The zero-order chi connectivity index (χ0) is 15.4. The van der Waals surface area contributed by atoms with Gasteiger partial charge in [0.15, 0.2) is 0 Å². The summed E-state index contributed by atoms with van der Waals surface area (Å²) in [6.07, 6.45) is 0. The predicted molar refractivity (Wildman–Crippen MR) is 84.1 cm³/mol. The molecule has 1 unspecified atom stereocenters. The van der Waals surface area contributed by atoms with Gasteiger partial charge in [0, 0.05) is 30.9 Å². The van der Waals surface area contributed by atoms with Gasteiger partial charge >= 0.3 is 0 Å². The smallest absolute Gasteiger partial charge is 0.125 e. The van der Waals surface area contributed by atoms with E-state index in [1.54, 1.807) is 19.2 Å². The van der Waals surface area contributed by atoms with Crippen LogP contribution in [-0.2, 0) is 6.54 Å². The molecule has 2 aromatic carbocycles. The Morgan fingerprint density at radius 1 is 1.19 bits per heavy atom. The molecule has 2 aromatic rings. The average molecular weight is 288 g/mol. The van der Waals surface area contributed by atoms with Crippen LogP contribution in [0.2, 0.25) is 0 Å². The lowest BCUT2D eigenvalue weighted by molar-refractivity contribution is 0.407. The second-order valence-electron chi connectivity index (χ2n) is 5.16. The number of hydrogen-bond donors (Lipinski definition) is 1. The second kappa shape index (κ2) is 6.59. The summed E-state index contributed by atoms with van der Waals surface area (Å²) in [6.45, 7) is 2.61. The maximum absolute atomic E-state index is 13.0. The molecule has 0 aliphatic carbocycles. The molecule has 0 heterocycles. The summed E-state index contributed by atoms with van der Waals surface area (Å²) in [5, 5.41) is 0. The van der Waals surface area contributed by atoms with E-state index in [-0.39, 0.29) is 11.9 Å². The highest BCUT2D eigenvalue weighted by Crippen LogP contribution is 2.33. The first kappa shape index (κ1) is 15.3. The van der Waals surface area contributed by atoms with E-state index < -0.39 is 0 Å². The highest BCUT2D eigenvalue weighted by Gasteiger charge is 2.16.